The van der Waals surface area contributed by atoms with Crippen molar-refractivity contribution in [1.29, 1.82) is 0 Å². The van der Waals surface area contributed by atoms with Gasteiger partial charge < -0.3 is 10.3 Å². The van der Waals surface area contributed by atoms with Crippen LogP contribution in [-0.4, -0.2) is 9.56 Å². The Morgan fingerprint density at radius 1 is 1.38 bits per heavy atom. The van der Waals surface area contributed by atoms with Gasteiger partial charge in [-0.1, -0.05) is 24.4 Å². The van der Waals surface area contributed by atoms with Gasteiger partial charge in [-0.2, -0.15) is 0 Å². The van der Waals surface area contributed by atoms with Gasteiger partial charge in [0.1, 0.15) is 4.99 Å². The summed E-state index contributed by atoms with van der Waals surface area (Å²) in [5.74, 6) is 0. The first-order valence-corrected chi connectivity index (χ1v) is 4.44. The van der Waals surface area contributed by atoms with Crippen molar-refractivity contribution in [3.8, 4) is 0 Å². The summed E-state index contributed by atoms with van der Waals surface area (Å²) in [5.41, 5.74) is 7.62. The van der Waals surface area contributed by atoms with Crippen LogP contribution in [0.3, 0.4) is 0 Å². The molecule has 0 radical (unpaired) electrons. The minimum absolute atomic E-state index is 0.447. The molecule has 0 bridgehead atoms. The highest BCUT2D eigenvalue weighted by atomic mass is 32.1. The molecule has 0 aliphatic heterocycles. The number of aryl methyl sites for hydroxylation is 1. The fraction of sp³-hybridized carbons (Fsp3) is 0.100. The Bertz CT molecular complexity index is 471. The molecule has 0 saturated carbocycles. The Balaban J connectivity index is 2.72. The normalized spacial score (nSPS) is 10.5. The molecule has 0 fully saturated rings. The number of hydrogen-bond acceptors (Lipinski definition) is 1. The zero-order valence-corrected chi connectivity index (χ0v) is 8.14. The van der Waals surface area contributed by atoms with Crippen LogP contribution in [0.1, 0.15) is 5.56 Å². The van der Waals surface area contributed by atoms with Gasteiger partial charge in [0.25, 0.3) is 0 Å². The van der Waals surface area contributed by atoms with Crippen molar-refractivity contribution in [3.05, 3.63) is 36.0 Å². The third-order valence-electron chi connectivity index (χ3n) is 2.17. The maximum Gasteiger partial charge on any atom is 0.104 e. The molecule has 2 aromatic rings. The van der Waals surface area contributed by atoms with Crippen molar-refractivity contribution in [2.24, 2.45) is 12.8 Å². The minimum atomic E-state index is 0.447. The minimum Gasteiger partial charge on any atom is -0.389 e. The largest absolute Gasteiger partial charge is 0.389 e. The topological polar surface area (TPSA) is 30.9 Å². The van der Waals surface area contributed by atoms with E-state index < -0.39 is 0 Å². The van der Waals surface area contributed by atoms with Crippen LogP contribution in [0.2, 0.25) is 0 Å². The predicted molar refractivity (Wildman–Crippen MR) is 58.8 cm³/mol. The molecular weight excluding hydrogens is 180 g/mol. The Morgan fingerprint density at radius 3 is 2.85 bits per heavy atom. The molecule has 0 atom stereocenters. The number of nitrogens with zero attached hydrogens (tertiary/aromatic N) is 1. The standard InChI is InChI=1S/C10H10N2S/c1-12-5-4-7-2-3-8(10(11)13)6-9(7)12/h2-6H,1H3,(H2,11,13). The van der Waals surface area contributed by atoms with Gasteiger partial charge in [-0.05, 0) is 17.5 Å². The molecule has 0 unspecified atom stereocenters. The Labute approximate surface area is 82.0 Å². The molecule has 66 valence electrons. The first-order chi connectivity index (χ1) is 6.18. The van der Waals surface area contributed by atoms with Gasteiger partial charge in [-0.3, -0.25) is 0 Å². The molecule has 0 aliphatic carbocycles. The highest BCUT2D eigenvalue weighted by Crippen LogP contribution is 2.16. The second kappa shape index (κ2) is 2.85. The molecule has 0 saturated heterocycles. The van der Waals surface area contributed by atoms with E-state index in [0.717, 1.165) is 11.1 Å². The zero-order chi connectivity index (χ0) is 9.42. The summed E-state index contributed by atoms with van der Waals surface area (Å²) in [6, 6.07) is 8.06. The van der Waals surface area contributed by atoms with Crippen LogP contribution in [0.25, 0.3) is 10.9 Å². The molecule has 0 amide bonds. The highest BCUT2D eigenvalue weighted by molar-refractivity contribution is 7.80. The molecule has 3 heteroatoms. The Morgan fingerprint density at radius 2 is 2.15 bits per heavy atom. The van der Waals surface area contributed by atoms with Crippen molar-refractivity contribution in [3.63, 3.8) is 0 Å². The summed E-state index contributed by atoms with van der Waals surface area (Å²) < 4.78 is 2.05. The van der Waals surface area contributed by atoms with E-state index in [0.29, 0.717) is 4.99 Å². The van der Waals surface area contributed by atoms with Gasteiger partial charge >= 0.3 is 0 Å². The lowest BCUT2D eigenvalue weighted by Gasteiger charge is -2.00. The molecule has 2 N–H and O–H groups in total. The predicted octanol–water partition coefficient (Wildman–Crippen LogP) is 1.81. The van der Waals surface area contributed by atoms with Crippen LogP contribution in [0.4, 0.5) is 0 Å². The lowest BCUT2D eigenvalue weighted by Crippen LogP contribution is -2.08. The van der Waals surface area contributed by atoms with E-state index >= 15 is 0 Å². The molecule has 2 rings (SSSR count). The van der Waals surface area contributed by atoms with Crippen LogP contribution in [0.5, 0.6) is 0 Å². The first-order valence-electron chi connectivity index (χ1n) is 4.03. The molecule has 13 heavy (non-hydrogen) atoms. The maximum absolute atomic E-state index is 5.55. The quantitative estimate of drug-likeness (QED) is 0.695. The van der Waals surface area contributed by atoms with Crippen molar-refractivity contribution < 1.29 is 0 Å². The SMILES string of the molecule is Cn1ccc2ccc(C(N)=S)cc21. The van der Waals surface area contributed by atoms with Gasteiger partial charge in [-0.25, -0.2) is 0 Å². The van der Waals surface area contributed by atoms with Crippen molar-refractivity contribution in [2.45, 2.75) is 0 Å². The van der Waals surface area contributed by atoms with Gasteiger partial charge in [0.15, 0.2) is 0 Å². The lowest BCUT2D eigenvalue weighted by molar-refractivity contribution is 0.969. The van der Waals surface area contributed by atoms with E-state index in [2.05, 4.69) is 10.6 Å². The van der Waals surface area contributed by atoms with Crippen LogP contribution in [0.15, 0.2) is 30.5 Å². The zero-order valence-electron chi connectivity index (χ0n) is 7.32. The summed E-state index contributed by atoms with van der Waals surface area (Å²) >= 11 is 4.91. The molecule has 2 nitrogen and oxygen atoms in total. The van der Waals surface area contributed by atoms with E-state index in [-0.39, 0.29) is 0 Å². The van der Waals surface area contributed by atoms with Gasteiger partial charge in [0.05, 0.1) is 0 Å². The summed E-state index contributed by atoms with van der Waals surface area (Å²) in [6.45, 7) is 0. The van der Waals surface area contributed by atoms with Crippen molar-refractivity contribution in [2.75, 3.05) is 0 Å². The number of nitrogens with two attached hydrogens (primary N) is 1. The van der Waals surface area contributed by atoms with Crippen LogP contribution >= 0.6 is 12.2 Å². The first kappa shape index (κ1) is 8.26. The summed E-state index contributed by atoms with van der Waals surface area (Å²) in [4.78, 5) is 0.447. The smallest absolute Gasteiger partial charge is 0.104 e. The summed E-state index contributed by atoms with van der Waals surface area (Å²) in [6.07, 6.45) is 2.02. The van der Waals surface area contributed by atoms with Crippen molar-refractivity contribution >= 4 is 28.1 Å². The molecule has 1 heterocycles. The fourth-order valence-electron chi connectivity index (χ4n) is 1.42. The molecule has 1 aromatic heterocycles. The fourth-order valence-corrected chi connectivity index (χ4v) is 1.54. The third-order valence-corrected chi connectivity index (χ3v) is 2.41. The lowest BCUT2D eigenvalue weighted by atomic mass is 10.1. The maximum atomic E-state index is 5.55. The third kappa shape index (κ3) is 1.31. The van der Waals surface area contributed by atoms with Gasteiger partial charge in [0, 0.05) is 24.3 Å². The molecule has 0 spiro atoms. The monoisotopic (exact) mass is 190 g/mol. The number of fused-ring (bicyclic) bond motifs is 1. The van der Waals surface area contributed by atoms with Crippen molar-refractivity contribution in [1.82, 2.24) is 4.57 Å². The highest BCUT2D eigenvalue weighted by Gasteiger charge is 2.00. The number of thiocarbonyl (C=S) groups is 1. The molecule has 0 aliphatic rings. The summed E-state index contributed by atoms with van der Waals surface area (Å²) in [7, 11) is 2.01. The van der Waals surface area contributed by atoms with Gasteiger partial charge in [-0.15, -0.1) is 0 Å². The number of rotatable bonds is 1. The van der Waals surface area contributed by atoms with E-state index in [1.54, 1.807) is 0 Å². The summed E-state index contributed by atoms with van der Waals surface area (Å²) in [5, 5.41) is 1.21. The van der Waals surface area contributed by atoms with E-state index in [4.69, 9.17) is 18.0 Å². The Hall–Kier alpha value is -1.35. The van der Waals surface area contributed by atoms with Crippen LogP contribution in [0, 0.1) is 0 Å². The van der Waals surface area contributed by atoms with Gasteiger partial charge in [0.2, 0.25) is 0 Å². The Kier molecular flexibility index (Phi) is 1.81. The second-order valence-corrected chi connectivity index (χ2v) is 3.50. The van der Waals surface area contributed by atoms with Crippen LogP contribution < -0.4 is 5.73 Å². The second-order valence-electron chi connectivity index (χ2n) is 3.06. The average Bonchev–Trinajstić information content (AvgIpc) is 2.47. The van der Waals surface area contributed by atoms with Crippen LogP contribution in [-0.2, 0) is 7.05 Å². The van der Waals surface area contributed by atoms with E-state index in [1.807, 2.05) is 31.4 Å². The number of benzene rings is 1. The van der Waals surface area contributed by atoms with E-state index in [1.165, 1.54) is 5.39 Å². The molecular formula is C10H10N2S. The van der Waals surface area contributed by atoms with E-state index in [9.17, 15) is 0 Å². The molecule has 1 aromatic carbocycles. The number of aromatic nitrogens is 1. The number of hydrogen-bond donors (Lipinski definition) is 1. The average molecular weight is 190 g/mol.